The van der Waals surface area contributed by atoms with Crippen LogP contribution in [0.1, 0.15) is 42.5 Å². The number of nitrogen functional groups attached to an aromatic ring is 1. The van der Waals surface area contributed by atoms with Gasteiger partial charge in [-0.05, 0) is 55.2 Å². The van der Waals surface area contributed by atoms with Gasteiger partial charge < -0.3 is 5.73 Å². The molecule has 1 aromatic carbocycles. The van der Waals surface area contributed by atoms with E-state index in [4.69, 9.17) is 5.73 Å². The number of hydrogen-bond donors (Lipinski definition) is 1. The second kappa shape index (κ2) is 4.69. The molecule has 2 saturated carbocycles. The minimum absolute atomic E-state index is 0.242. The predicted molar refractivity (Wildman–Crippen MR) is 76.4 cm³/mol. The van der Waals surface area contributed by atoms with Crippen LogP contribution >= 0.6 is 15.9 Å². The zero-order valence-corrected chi connectivity index (χ0v) is 11.9. The Labute approximate surface area is 116 Å². The number of ketones is 1. The SMILES string of the molecule is Nc1ccc(Br)c(C(=O)CC2CC3CCC2C3)c1. The van der Waals surface area contributed by atoms with Gasteiger partial charge in [0.1, 0.15) is 0 Å². The lowest BCUT2D eigenvalue weighted by molar-refractivity contribution is 0.0943. The lowest BCUT2D eigenvalue weighted by Crippen LogP contribution is -2.15. The third kappa shape index (κ3) is 2.20. The van der Waals surface area contributed by atoms with E-state index in [0.717, 1.165) is 21.9 Å². The number of Topliss-reactive ketones (excluding diaryl/α,β-unsaturated/α-hetero) is 1. The first-order chi connectivity index (χ1) is 8.63. The molecule has 2 bridgehead atoms. The maximum atomic E-state index is 12.4. The standard InChI is InChI=1S/C15H18BrNO/c16-14-4-3-12(17)8-13(14)15(18)7-11-6-9-1-2-10(11)5-9/h3-4,8-11H,1-2,5-7,17H2. The highest BCUT2D eigenvalue weighted by molar-refractivity contribution is 9.10. The number of carbonyl (C=O) groups is 1. The van der Waals surface area contributed by atoms with Crippen molar-refractivity contribution in [3.63, 3.8) is 0 Å². The first-order valence-electron chi connectivity index (χ1n) is 6.71. The summed E-state index contributed by atoms with van der Waals surface area (Å²) >= 11 is 3.45. The molecule has 0 saturated heterocycles. The molecule has 2 fully saturated rings. The first-order valence-corrected chi connectivity index (χ1v) is 7.51. The number of rotatable bonds is 3. The maximum Gasteiger partial charge on any atom is 0.164 e. The Morgan fingerprint density at radius 2 is 2.17 bits per heavy atom. The van der Waals surface area contributed by atoms with Gasteiger partial charge in [-0.3, -0.25) is 4.79 Å². The zero-order chi connectivity index (χ0) is 12.7. The molecule has 1 aromatic rings. The molecule has 3 heteroatoms. The van der Waals surface area contributed by atoms with Crippen molar-refractivity contribution < 1.29 is 4.79 Å². The smallest absolute Gasteiger partial charge is 0.164 e. The second-order valence-electron chi connectivity index (χ2n) is 5.80. The topological polar surface area (TPSA) is 43.1 Å². The maximum absolute atomic E-state index is 12.4. The van der Waals surface area contributed by atoms with Gasteiger partial charge in [-0.15, -0.1) is 0 Å². The number of nitrogens with two attached hydrogens (primary N) is 1. The Bertz CT molecular complexity index is 485. The Morgan fingerprint density at radius 3 is 2.83 bits per heavy atom. The van der Waals surface area contributed by atoms with Crippen LogP contribution in [0.4, 0.5) is 5.69 Å². The summed E-state index contributed by atoms with van der Waals surface area (Å²) in [5.74, 6) is 2.56. The highest BCUT2D eigenvalue weighted by atomic mass is 79.9. The molecule has 0 amide bonds. The monoisotopic (exact) mass is 307 g/mol. The summed E-state index contributed by atoms with van der Waals surface area (Å²) in [6.45, 7) is 0. The van der Waals surface area contributed by atoms with Gasteiger partial charge in [0, 0.05) is 22.1 Å². The molecule has 3 atom stereocenters. The molecule has 2 aliphatic rings. The van der Waals surface area contributed by atoms with Crippen LogP contribution in [0.25, 0.3) is 0 Å². The number of anilines is 1. The summed E-state index contributed by atoms with van der Waals surface area (Å²) in [5.41, 5.74) is 7.17. The third-order valence-corrected chi connectivity index (χ3v) is 5.31. The molecule has 0 heterocycles. The number of benzene rings is 1. The molecule has 2 nitrogen and oxygen atoms in total. The predicted octanol–water partition coefficient (Wildman–Crippen LogP) is 4.04. The molecule has 3 unspecified atom stereocenters. The minimum atomic E-state index is 0.242. The highest BCUT2D eigenvalue weighted by Crippen LogP contribution is 2.49. The van der Waals surface area contributed by atoms with E-state index in [1.54, 1.807) is 6.07 Å². The van der Waals surface area contributed by atoms with Crippen molar-refractivity contribution in [2.24, 2.45) is 17.8 Å². The highest BCUT2D eigenvalue weighted by Gasteiger charge is 2.40. The van der Waals surface area contributed by atoms with Gasteiger partial charge in [0.05, 0.1) is 0 Å². The van der Waals surface area contributed by atoms with Gasteiger partial charge >= 0.3 is 0 Å². The Morgan fingerprint density at radius 1 is 1.33 bits per heavy atom. The molecule has 2 N–H and O–H groups in total. The summed E-state index contributed by atoms with van der Waals surface area (Å²) in [5, 5.41) is 0. The average molecular weight is 308 g/mol. The van der Waals surface area contributed by atoms with Crippen LogP contribution < -0.4 is 5.73 Å². The van der Waals surface area contributed by atoms with Gasteiger partial charge in [-0.25, -0.2) is 0 Å². The van der Waals surface area contributed by atoms with Gasteiger partial charge in [0.25, 0.3) is 0 Å². The van der Waals surface area contributed by atoms with E-state index in [1.165, 1.54) is 25.7 Å². The van der Waals surface area contributed by atoms with Crippen LogP contribution in [0, 0.1) is 17.8 Å². The van der Waals surface area contributed by atoms with Crippen LogP contribution in [-0.4, -0.2) is 5.78 Å². The number of fused-ring (bicyclic) bond motifs is 2. The van der Waals surface area contributed by atoms with E-state index in [0.29, 0.717) is 18.0 Å². The van der Waals surface area contributed by atoms with E-state index in [9.17, 15) is 4.79 Å². The van der Waals surface area contributed by atoms with Crippen molar-refractivity contribution in [3.05, 3.63) is 28.2 Å². The van der Waals surface area contributed by atoms with Gasteiger partial charge in [-0.1, -0.05) is 22.4 Å². The van der Waals surface area contributed by atoms with E-state index >= 15 is 0 Å². The van der Waals surface area contributed by atoms with E-state index < -0.39 is 0 Å². The zero-order valence-electron chi connectivity index (χ0n) is 10.4. The van der Waals surface area contributed by atoms with E-state index in [-0.39, 0.29) is 5.78 Å². The van der Waals surface area contributed by atoms with Crippen LogP contribution in [0.2, 0.25) is 0 Å². The lowest BCUT2D eigenvalue weighted by atomic mass is 9.84. The molecule has 0 radical (unpaired) electrons. The fourth-order valence-electron chi connectivity index (χ4n) is 3.73. The summed E-state index contributed by atoms with van der Waals surface area (Å²) in [7, 11) is 0. The summed E-state index contributed by atoms with van der Waals surface area (Å²) < 4.78 is 0.866. The van der Waals surface area contributed by atoms with Crippen molar-refractivity contribution in [3.8, 4) is 0 Å². The molecule has 0 spiro atoms. The molecular formula is C15H18BrNO. The minimum Gasteiger partial charge on any atom is -0.399 e. The van der Waals surface area contributed by atoms with Crippen LogP contribution in [-0.2, 0) is 0 Å². The quantitative estimate of drug-likeness (QED) is 0.676. The van der Waals surface area contributed by atoms with Gasteiger partial charge in [-0.2, -0.15) is 0 Å². The van der Waals surface area contributed by atoms with Crippen molar-refractivity contribution in [2.45, 2.75) is 32.1 Å². The largest absolute Gasteiger partial charge is 0.399 e. The van der Waals surface area contributed by atoms with Crippen molar-refractivity contribution in [1.82, 2.24) is 0 Å². The number of halogens is 1. The summed E-state index contributed by atoms with van der Waals surface area (Å²) in [4.78, 5) is 12.4. The Balaban J connectivity index is 1.73. The Hall–Kier alpha value is -0.830. The second-order valence-corrected chi connectivity index (χ2v) is 6.66. The average Bonchev–Trinajstić information content (AvgIpc) is 2.94. The molecule has 96 valence electrons. The summed E-state index contributed by atoms with van der Waals surface area (Å²) in [6.07, 6.45) is 6.04. The van der Waals surface area contributed by atoms with Gasteiger partial charge in [0.15, 0.2) is 5.78 Å². The van der Waals surface area contributed by atoms with Gasteiger partial charge in [0.2, 0.25) is 0 Å². The molecular weight excluding hydrogens is 290 g/mol. The Kier molecular flexibility index (Phi) is 3.18. The van der Waals surface area contributed by atoms with Crippen molar-refractivity contribution in [1.29, 1.82) is 0 Å². The molecule has 2 aliphatic carbocycles. The first kappa shape index (κ1) is 12.2. The summed E-state index contributed by atoms with van der Waals surface area (Å²) in [6, 6.07) is 5.47. The van der Waals surface area contributed by atoms with E-state index in [2.05, 4.69) is 15.9 Å². The number of hydrogen-bond acceptors (Lipinski definition) is 2. The lowest BCUT2D eigenvalue weighted by Gasteiger charge is -2.21. The fraction of sp³-hybridized carbons (Fsp3) is 0.533. The van der Waals surface area contributed by atoms with Crippen molar-refractivity contribution >= 4 is 27.4 Å². The normalized spacial score (nSPS) is 29.7. The van der Waals surface area contributed by atoms with Crippen molar-refractivity contribution in [2.75, 3.05) is 5.73 Å². The number of carbonyl (C=O) groups excluding carboxylic acids is 1. The van der Waals surface area contributed by atoms with Crippen LogP contribution in [0.15, 0.2) is 22.7 Å². The van der Waals surface area contributed by atoms with E-state index in [1.807, 2.05) is 12.1 Å². The fourth-order valence-corrected chi connectivity index (χ4v) is 4.20. The molecule has 0 aliphatic heterocycles. The molecule has 0 aromatic heterocycles. The van der Waals surface area contributed by atoms with Crippen LogP contribution in [0.3, 0.4) is 0 Å². The third-order valence-electron chi connectivity index (χ3n) is 4.62. The van der Waals surface area contributed by atoms with Crippen LogP contribution in [0.5, 0.6) is 0 Å². The molecule has 18 heavy (non-hydrogen) atoms. The molecule has 3 rings (SSSR count).